The van der Waals surface area contributed by atoms with Gasteiger partial charge in [0.1, 0.15) is 0 Å². The molecule has 0 radical (unpaired) electrons. The molecule has 0 rings (SSSR count). The first-order chi connectivity index (χ1) is 7.26. The van der Waals surface area contributed by atoms with E-state index in [0.717, 1.165) is 31.6 Å². The second kappa shape index (κ2) is 10.9. The zero-order valence-corrected chi connectivity index (χ0v) is 11.8. The molecule has 0 bridgehead atoms. The number of methoxy groups -OCH3 is 2. The van der Waals surface area contributed by atoms with Crippen molar-refractivity contribution in [3.8, 4) is 0 Å². The van der Waals surface area contributed by atoms with E-state index >= 15 is 0 Å². The highest BCUT2D eigenvalue weighted by atomic mass is 79.9. The number of ether oxygens (including phenoxy) is 2. The molecule has 0 amide bonds. The third-order valence-electron chi connectivity index (χ3n) is 2.44. The van der Waals surface area contributed by atoms with Crippen molar-refractivity contribution in [1.29, 1.82) is 0 Å². The lowest BCUT2D eigenvalue weighted by Gasteiger charge is -2.28. The van der Waals surface area contributed by atoms with Crippen LogP contribution in [0.15, 0.2) is 0 Å². The van der Waals surface area contributed by atoms with E-state index in [9.17, 15) is 0 Å². The Balaban J connectivity index is 3.81. The van der Waals surface area contributed by atoms with Gasteiger partial charge >= 0.3 is 0 Å². The maximum atomic E-state index is 5.18. The number of halogens is 1. The standard InChI is InChI=1S/C11H24BrNO2/c1-11(10-15-3)13(8-9-14-2)7-5-4-6-12/h11H,4-10H2,1-3H3. The van der Waals surface area contributed by atoms with Crippen LogP contribution in [0.4, 0.5) is 0 Å². The molecule has 0 aromatic carbocycles. The number of hydrogen-bond donors (Lipinski definition) is 0. The molecule has 0 saturated heterocycles. The van der Waals surface area contributed by atoms with Gasteiger partial charge in [0.05, 0.1) is 13.2 Å². The van der Waals surface area contributed by atoms with E-state index in [-0.39, 0.29) is 0 Å². The van der Waals surface area contributed by atoms with E-state index in [1.165, 1.54) is 12.8 Å². The van der Waals surface area contributed by atoms with Crippen LogP contribution >= 0.6 is 15.9 Å². The fourth-order valence-electron chi connectivity index (χ4n) is 1.52. The number of hydrogen-bond acceptors (Lipinski definition) is 3. The van der Waals surface area contributed by atoms with Gasteiger partial charge in [-0.25, -0.2) is 0 Å². The van der Waals surface area contributed by atoms with E-state index in [0.29, 0.717) is 6.04 Å². The molecule has 3 nitrogen and oxygen atoms in total. The summed E-state index contributed by atoms with van der Waals surface area (Å²) in [6.45, 7) is 5.90. The molecule has 0 aromatic rings. The molecule has 0 fully saturated rings. The molecule has 0 aromatic heterocycles. The smallest absolute Gasteiger partial charge is 0.0615 e. The largest absolute Gasteiger partial charge is 0.383 e. The minimum absolute atomic E-state index is 0.473. The Kier molecular flexibility index (Phi) is 11.1. The van der Waals surface area contributed by atoms with Gasteiger partial charge in [-0.15, -0.1) is 0 Å². The van der Waals surface area contributed by atoms with E-state index in [1.807, 2.05) is 0 Å². The predicted molar refractivity (Wildman–Crippen MR) is 67.8 cm³/mol. The van der Waals surface area contributed by atoms with Gasteiger partial charge in [-0.1, -0.05) is 15.9 Å². The molecule has 1 unspecified atom stereocenters. The van der Waals surface area contributed by atoms with E-state index in [2.05, 4.69) is 27.8 Å². The van der Waals surface area contributed by atoms with Crippen molar-refractivity contribution in [2.45, 2.75) is 25.8 Å². The quantitative estimate of drug-likeness (QED) is 0.452. The van der Waals surface area contributed by atoms with Gasteiger partial charge < -0.3 is 9.47 Å². The third kappa shape index (κ3) is 8.20. The molecule has 0 aliphatic carbocycles. The Labute approximate surface area is 102 Å². The number of unbranched alkanes of at least 4 members (excludes halogenated alkanes) is 1. The van der Waals surface area contributed by atoms with Crippen molar-refractivity contribution in [3.05, 3.63) is 0 Å². The Hall–Kier alpha value is 0.360. The summed E-state index contributed by atoms with van der Waals surface area (Å²) in [5, 5.41) is 1.09. The highest BCUT2D eigenvalue weighted by molar-refractivity contribution is 9.09. The molecule has 1 atom stereocenters. The lowest BCUT2D eigenvalue weighted by Crippen LogP contribution is -2.39. The van der Waals surface area contributed by atoms with Crippen LogP contribution in [0.25, 0.3) is 0 Å². The summed E-state index contributed by atoms with van der Waals surface area (Å²) in [5.41, 5.74) is 0. The Morgan fingerprint density at radius 3 is 2.40 bits per heavy atom. The van der Waals surface area contributed by atoms with Gasteiger partial charge in [0, 0.05) is 32.1 Å². The van der Waals surface area contributed by atoms with Crippen LogP contribution in [0.1, 0.15) is 19.8 Å². The molecule has 0 saturated carbocycles. The monoisotopic (exact) mass is 281 g/mol. The van der Waals surface area contributed by atoms with Crippen molar-refractivity contribution in [2.24, 2.45) is 0 Å². The third-order valence-corrected chi connectivity index (χ3v) is 3.00. The summed E-state index contributed by atoms with van der Waals surface area (Å²) < 4.78 is 10.3. The van der Waals surface area contributed by atoms with E-state index in [4.69, 9.17) is 9.47 Å². The first-order valence-corrected chi connectivity index (χ1v) is 6.66. The highest BCUT2D eigenvalue weighted by Crippen LogP contribution is 2.03. The minimum Gasteiger partial charge on any atom is -0.383 e. The van der Waals surface area contributed by atoms with Crippen molar-refractivity contribution >= 4 is 15.9 Å². The van der Waals surface area contributed by atoms with Crippen LogP contribution in [0.5, 0.6) is 0 Å². The minimum atomic E-state index is 0.473. The Morgan fingerprint density at radius 2 is 1.87 bits per heavy atom. The summed E-state index contributed by atoms with van der Waals surface area (Å²) in [6.07, 6.45) is 2.45. The summed E-state index contributed by atoms with van der Waals surface area (Å²) in [6, 6.07) is 0.473. The Morgan fingerprint density at radius 1 is 1.13 bits per heavy atom. The average molecular weight is 282 g/mol. The second-order valence-electron chi connectivity index (χ2n) is 3.73. The molecule has 0 N–H and O–H groups in total. The molecular weight excluding hydrogens is 258 g/mol. The number of nitrogens with zero attached hydrogens (tertiary/aromatic N) is 1. The molecule has 92 valence electrons. The van der Waals surface area contributed by atoms with Crippen LogP contribution < -0.4 is 0 Å². The Bertz CT molecular complexity index is 136. The number of alkyl halides is 1. The lowest BCUT2D eigenvalue weighted by atomic mass is 10.2. The molecular formula is C11H24BrNO2. The van der Waals surface area contributed by atoms with Crippen molar-refractivity contribution in [2.75, 3.05) is 45.9 Å². The fraction of sp³-hybridized carbons (Fsp3) is 1.00. The maximum absolute atomic E-state index is 5.18. The SMILES string of the molecule is COCCN(CCCCBr)C(C)COC. The van der Waals surface area contributed by atoms with Gasteiger partial charge in [0.15, 0.2) is 0 Å². The molecule has 0 spiro atoms. The van der Waals surface area contributed by atoms with Crippen molar-refractivity contribution in [1.82, 2.24) is 4.90 Å². The van der Waals surface area contributed by atoms with Gasteiger partial charge in [0.2, 0.25) is 0 Å². The van der Waals surface area contributed by atoms with Crippen LogP contribution in [0.3, 0.4) is 0 Å². The second-order valence-corrected chi connectivity index (χ2v) is 4.52. The average Bonchev–Trinajstić information content (AvgIpc) is 2.23. The normalized spacial score (nSPS) is 13.4. The molecule has 0 aliphatic rings. The van der Waals surface area contributed by atoms with Crippen molar-refractivity contribution in [3.63, 3.8) is 0 Å². The molecule has 0 aliphatic heterocycles. The zero-order valence-electron chi connectivity index (χ0n) is 10.2. The molecule has 15 heavy (non-hydrogen) atoms. The maximum Gasteiger partial charge on any atom is 0.0615 e. The van der Waals surface area contributed by atoms with Crippen molar-refractivity contribution < 1.29 is 9.47 Å². The highest BCUT2D eigenvalue weighted by Gasteiger charge is 2.12. The van der Waals surface area contributed by atoms with Crippen LogP contribution in [0, 0.1) is 0 Å². The topological polar surface area (TPSA) is 21.7 Å². The van der Waals surface area contributed by atoms with Crippen LogP contribution in [0.2, 0.25) is 0 Å². The van der Waals surface area contributed by atoms with Gasteiger partial charge in [0.25, 0.3) is 0 Å². The molecule has 4 heteroatoms. The summed E-state index contributed by atoms with van der Waals surface area (Å²) in [4.78, 5) is 2.43. The van der Waals surface area contributed by atoms with Crippen LogP contribution in [-0.2, 0) is 9.47 Å². The van der Waals surface area contributed by atoms with E-state index < -0.39 is 0 Å². The van der Waals surface area contributed by atoms with Gasteiger partial charge in [-0.2, -0.15) is 0 Å². The summed E-state index contributed by atoms with van der Waals surface area (Å²) in [5.74, 6) is 0. The molecule has 0 heterocycles. The first kappa shape index (κ1) is 15.4. The summed E-state index contributed by atoms with van der Waals surface area (Å²) >= 11 is 3.45. The number of rotatable bonds is 10. The predicted octanol–water partition coefficient (Wildman–Crippen LogP) is 2.14. The fourth-order valence-corrected chi connectivity index (χ4v) is 1.91. The van der Waals surface area contributed by atoms with E-state index in [1.54, 1.807) is 14.2 Å². The first-order valence-electron chi connectivity index (χ1n) is 5.54. The van der Waals surface area contributed by atoms with Crippen LogP contribution in [-0.4, -0.2) is 56.8 Å². The lowest BCUT2D eigenvalue weighted by molar-refractivity contribution is 0.0743. The zero-order chi connectivity index (χ0) is 11.5. The summed E-state index contributed by atoms with van der Waals surface area (Å²) in [7, 11) is 3.50. The van der Waals surface area contributed by atoms with Gasteiger partial charge in [-0.3, -0.25) is 4.90 Å². The van der Waals surface area contributed by atoms with Gasteiger partial charge in [-0.05, 0) is 26.3 Å².